The molecule has 3 atom stereocenters. The maximum atomic E-state index is 12.8. The lowest BCUT2D eigenvalue weighted by Crippen LogP contribution is -2.55. The van der Waals surface area contributed by atoms with Crippen molar-refractivity contribution in [3.05, 3.63) is 29.8 Å². The van der Waals surface area contributed by atoms with Crippen LogP contribution < -0.4 is 10.2 Å². The van der Waals surface area contributed by atoms with Gasteiger partial charge in [-0.05, 0) is 30.9 Å². The first-order valence-electron chi connectivity index (χ1n) is 8.64. The molecule has 3 unspecified atom stereocenters. The fraction of sp³-hybridized carbons (Fsp3) is 0.611. The normalized spacial score (nSPS) is 29.7. The number of hydrogen-bond donors (Lipinski definition) is 1. The van der Waals surface area contributed by atoms with E-state index in [1.807, 2.05) is 11.8 Å². The van der Waals surface area contributed by atoms with Gasteiger partial charge in [0.2, 0.25) is 5.91 Å². The summed E-state index contributed by atoms with van der Waals surface area (Å²) >= 11 is 1.97. The number of hydrogen-bond acceptors (Lipinski definition) is 4. The van der Waals surface area contributed by atoms with Crippen molar-refractivity contribution < 1.29 is 9.53 Å². The summed E-state index contributed by atoms with van der Waals surface area (Å²) in [5.74, 6) is 2.45. The summed E-state index contributed by atoms with van der Waals surface area (Å²) in [6.07, 6.45) is 3.26. The van der Waals surface area contributed by atoms with Crippen LogP contribution in [0.1, 0.15) is 18.4 Å². The first kappa shape index (κ1) is 15.3. The highest BCUT2D eigenvalue weighted by Gasteiger charge is 2.39. The van der Waals surface area contributed by atoms with E-state index >= 15 is 0 Å². The molecule has 0 radical (unpaired) electrons. The van der Waals surface area contributed by atoms with Crippen molar-refractivity contribution in [3.63, 3.8) is 0 Å². The average molecular weight is 332 g/mol. The molecule has 2 fully saturated rings. The molecule has 0 aromatic heterocycles. The van der Waals surface area contributed by atoms with E-state index in [-0.39, 0.29) is 17.9 Å². The zero-order valence-corrected chi connectivity index (χ0v) is 14.2. The Bertz CT molecular complexity index is 574. The van der Waals surface area contributed by atoms with E-state index in [4.69, 9.17) is 4.74 Å². The minimum Gasteiger partial charge on any atom is -0.376 e. The van der Waals surface area contributed by atoms with Gasteiger partial charge >= 0.3 is 0 Å². The van der Waals surface area contributed by atoms with Crippen LogP contribution in [0.25, 0.3) is 0 Å². The predicted octanol–water partition coefficient (Wildman–Crippen LogP) is 2.08. The van der Waals surface area contributed by atoms with Gasteiger partial charge in [0.25, 0.3) is 0 Å². The third kappa shape index (κ3) is 3.09. The second-order valence-corrected chi connectivity index (χ2v) is 7.80. The number of ether oxygens (including phenoxy) is 1. The van der Waals surface area contributed by atoms with Crippen LogP contribution in [0.3, 0.4) is 0 Å². The van der Waals surface area contributed by atoms with E-state index in [9.17, 15) is 4.79 Å². The highest BCUT2D eigenvalue weighted by atomic mass is 32.2. The maximum absolute atomic E-state index is 12.8. The number of carbonyl (C=O) groups excluding carboxylic acids is 1. The summed E-state index contributed by atoms with van der Waals surface area (Å²) in [6.45, 7) is 2.54. The number of amides is 1. The van der Waals surface area contributed by atoms with Crippen LogP contribution in [0.5, 0.6) is 0 Å². The monoisotopic (exact) mass is 332 g/mol. The van der Waals surface area contributed by atoms with Gasteiger partial charge < -0.3 is 15.0 Å². The third-order valence-electron chi connectivity index (χ3n) is 5.24. The minimum atomic E-state index is 0.0547. The van der Waals surface area contributed by atoms with Crippen LogP contribution in [0.15, 0.2) is 24.3 Å². The molecule has 3 aliphatic rings. The number of nitrogens with zero attached hydrogens (tertiary/aromatic N) is 1. The highest BCUT2D eigenvalue weighted by molar-refractivity contribution is 7.99. The minimum absolute atomic E-state index is 0.0547. The SMILES string of the molecule is O=C(NCC1CCCO1)C1Cc2ccccc2N2CCSCC12. The van der Waals surface area contributed by atoms with Crippen molar-refractivity contribution in [2.45, 2.75) is 31.4 Å². The largest absolute Gasteiger partial charge is 0.376 e. The van der Waals surface area contributed by atoms with Crippen LogP contribution in [-0.4, -0.2) is 49.3 Å². The van der Waals surface area contributed by atoms with E-state index in [0.29, 0.717) is 12.6 Å². The number of benzene rings is 1. The van der Waals surface area contributed by atoms with Crippen molar-refractivity contribution in [2.75, 3.05) is 36.1 Å². The Hall–Kier alpha value is -1.20. The number of anilines is 1. The molecule has 124 valence electrons. The molecule has 1 aromatic carbocycles. The van der Waals surface area contributed by atoms with E-state index in [2.05, 4.69) is 34.5 Å². The van der Waals surface area contributed by atoms with E-state index in [0.717, 1.165) is 43.9 Å². The van der Waals surface area contributed by atoms with Crippen LogP contribution in [0, 0.1) is 5.92 Å². The van der Waals surface area contributed by atoms with Crippen molar-refractivity contribution in [3.8, 4) is 0 Å². The lowest BCUT2D eigenvalue weighted by molar-refractivity contribution is -0.126. The molecule has 4 rings (SSSR count). The summed E-state index contributed by atoms with van der Waals surface area (Å²) in [5.41, 5.74) is 2.65. The smallest absolute Gasteiger partial charge is 0.225 e. The molecule has 5 heteroatoms. The average Bonchev–Trinajstić information content (AvgIpc) is 3.12. The molecule has 3 aliphatic heterocycles. The number of carbonyl (C=O) groups is 1. The Morgan fingerprint density at radius 2 is 2.30 bits per heavy atom. The molecular weight excluding hydrogens is 308 g/mol. The van der Waals surface area contributed by atoms with Crippen LogP contribution in [0.4, 0.5) is 5.69 Å². The summed E-state index contributed by atoms with van der Waals surface area (Å²) in [7, 11) is 0. The first-order chi connectivity index (χ1) is 11.3. The van der Waals surface area contributed by atoms with E-state index in [1.165, 1.54) is 11.3 Å². The molecule has 1 aromatic rings. The first-order valence-corrected chi connectivity index (χ1v) is 9.80. The Labute approximate surface area is 142 Å². The molecule has 0 saturated carbocycles. The van der Waals surface area contributed by atoms with Crippen molar-refractivity contribution in [1.29, 1.82) is 0 Å². The summed E-state index contributed by atoms with van der Waals surface area (Å²) in [6, 6.07) is 8.90. The van der Waals surface area contributed by atoms with Crippen LogP contribution >= 0.6 is 11.8 Å². The molecule has 0 aliphatic carbocycles. The predicted molar refractivity (Wildman–Crippen MR) is 94.1 cm³/mol. The Morgan fingerprint density at radius 1 is 1.39 bits per heavy atom. The molecule has 2 saturated heterocycles. The van der Waals surface area contributed by atoms with Gasteiger partial charge in [0, 0.05) is 42.9 Å². The third-order valence-corrected chi connectivity index (χ3v) is 6.28. The van der Waals surface area contributed by atoms with Crippen LogP contribution in [-0.2, 0) is 16.0 Å². The fourth-order valence-electron chi connectivity index (χ4n) is 4.01. The molecule has 0 spiro atoms. The second kappa shape index (κ2) is 6.73. The Morgan fingerprint density at radius 3 is 3.17 bits per heavy atom. The zero-order valence-electron chi connectivity index (χ0n) is 13.4. The van der Waals surface area contributed by atoms with Crippen molar-refractivity contribution in [1.82, 2.24) is 5.32 Å². The van der Waals surface area contributed by atoms with Gasteiger partial charge in [0.05, 0.1) is 12.0 Å². The molecule has 1 amide bonds. The van der Waals surface area contributed by atoms with Crippen molar-refractivity contribution in [2.24, 2.45) is 5.92 Å². The summed E-state index contributed by atoms with van der Waals surface area (Å²) < 4.78 is 5.62. The molecule has 23 heavy (non-hydrogen) atoms. The molecule has 3 heterocycles. The van der Waals surface area contributed by atoms with Gasteiger partial charge in [-0.15, -0.1) is 0 Å². The highest BCUT2D eigenvalue weighted by Crippen LogP contribution is 2.37. The van der Waals surface area contributed by atoms with Crippen LogP contribution in [0.2, 0.25) is 0 Å². The number of para-hydroxylation sites is 1. The fourth-order valence-corrected chi connectivity index (χ4v) is 5.16. The van der Waals surface area contributed by atoms with Gasteiger partial charge in [-0.2, -0.15) is 11.8 Å². The van der Waals surface area contributed by atoms with E-state index in [1.54, 1.807) is 0 Å². The summed E-state index contributed by atoms with van der Waals surface area (Å²) in [5, 5.41) is 3.16. The standard InChI is InChI=1S/C18H24N2O2S/c21-18(19-11-14-5-3-8-22-14)15-10-13-4-1-2-6-16(13)20-7-9-23-12-17(15)20/h1-2,4,6,14-15,17H,3,5,7-12H2,(H,19,21). The molecule has 0 bridgehead atoms. The molecule has 1 N–H and O–H groups in total. The van der Waals surface area contributed by atoms with Gasteiger partial charge in [0.1, 0.15) is 0 Å². The van der Waals surface area contributed by atoms with Gasteiger partial charge in [-0.3, -0.25) is 4.79 Å². The van der Waals surface area contributed by atoms with Gasteiger partial charge in [-0.1, -0.05) is 18.2 Å². The van der Waals surface area contributed by atoms with Gasteiger partial charge in [0.15, 0.2) is 0 Å². The second-order valence-electron chi connectivity index (χ2n) is 6.66. The lowest BCUT2D eigenvalue weighted by atomic mass is 9.85. The topological polar surface area (TPSA) is 41.6 Å². The van der Waals surface area contributed by atoms with E-state index < -0.39 is 0 Å². The quantitative estimate of drug-likeness (QED) is 0.920. The Kier molecular flexibility index (Phi) is 4.49. The number of nitrogens with one attached hydrogen (secondary N) is 1. The maximum Gasteiger partial charge on any atom is 0.225 e. The zero-order chi connectivity index (χ0) is 15.6. The molecular formula is C18H24N2O2S. The lowest BCUT2D eigenvalue weighted by Gasteiger charge is -2.45. The Balaban J connectivity index is 1.49. The summed E-state index contributed by atoms with van der Waals surface area (Å²) in [4.78, 5) is 15.3. The van der Waals surface area contributed by atoms with Crippen molar-refractivity contribution >= 4 is 23.4 Å². The number of thioether (sulfide) groups is 1. The van der Waals surface area contributed by atoms with Gasteiger partial charge in [-0.25, -0.2) is 0 Å². The number of rotatable bonds is 3. The number of fused-ring (bicyclic) bond motifs is 3. The molecule has 4 nitrogen and oxygen atoms in total.